The fraction of sp³-hybridized carbons (Fsp3) is 0.478. The minimum Gasteiger partial charge on any atom is -0.481 e. The lowest BCUT2D eigenvalue weighted by Crippen LogP contribution is -2.38. The Morgan fingerprint density at radius 1 is 1.15 bits per heavy atom. The van der Waals surface area contributed by atoms with Crippen LogP contribution < -0.4 is 0 Å². The number of carbonyl (C=O) groups is 1. The highest BCUT2D eigenvalue weighted by atomic mass is 35.5. The van der Waals surface area contributed by atoms with Gasteiger partial charge in [-0.05, 0) is 30.9 Å². The van der Waals surface area contributed by atoms with E-state index in [1.165, 1.54) is 12.1 Å². The molecule has 4 rings (SSSR count). The fourth-order valence-electron chi connectivity index (χ4n) is 4.52. The van der Waals surface area contributed by atoms with Gasteiger partial charge in [-0.2, -0.15) is 36.4 Å². The van der Waals surface area contributed by atoms with Gasteiger partial charge < -0.3 is 19.6 Å². The summed E-state index contributed by atoms with van der Waals surface area (Å²) in [7, 11) is 0. The Morgan fingerprint density at radius 2 is 1.85 bits per heavy atom. The van der Waals surface area contributed by atoms with Crippen molar-refractivity contribution in [1.29, 1.82) is 0 Å². The average molecular weight is 584 g/mol. The summed E-state index contributed by atoms with van der Waals surface area (Å²) in [6.45, 7) is -0.350. The smallest absolute Gasteiger partial charge is 0.433 e. The SMILES string of the molecule is Cl.O=C(O)C[C@H]1CCCN(C[C@@H](O)c2ccc(-c3noc(-c4cnn(CC(F)(F)F)c4C(F)(F)F)n3)cc2)C1. The largest absolute Gasteiger partial charge is 0.481 e. The molecule has 3 aromatic rings. The number of piperidine rings is 1. The Morgan fingerprint density at radius 3 is 2.46 bits per heavy atom. The molecule has 0 unspecified atom stereocenters. The number of hydrogen-bond acceptors (Lipinski definition) is 7. The lowest BCUT2D eigenvalue weighted by Gasteiger charge is -2.33. The van der Waals surface area contributed by atoms with Gasteiger partial charge in [0.25, 0.3) is 5.89 Å². The second-order valence-corrected chi connectivity index (χ2v) is 9.10. The van der Waals surface area contributed by atoms with E-state index >= 15 is 0 Å². The first-order valence-electron chi connectivity index (χ1n) is 11.6. The van der Waals surface area contributed by atoms with E-state index in [2.05, 4.69) is 15.2 Å². The van der Waals surface area contributed by atoms with Gasteiger partial charge in [0.1, 0.15) is 6.54 Å². The first-order valence-corrected chi connectivity index (χ1v) is 11.6. The maximum absolute atomic E-state index is 13.5. The number of nitrogens with zero attached hydrogens (tertiary/aromatic N) is 5. The maximum Gasteiger partial charge on any atom is 0.433 e. The second-order valence-electron chi connectivity index (χ2n) is 9.10. The summed E-state index contributed by atoms with van der Waals surface area (Å²) in [5, 5.41) is 26.5. The first-order chi connectivity index (χ1) is 17.8. The molecule has 1 fully saturated rings. The molecule has 9 nitrogen and oxygen atoms in total. The molecule has 0 saturated carbocycles. The van der Waals surface area contributed by atoms with E-state index in [1.807, 2.05) is 4.90 Å². The highest BCUT2D eigenvalue weighted by molar-refractivity contribution is 5.85. The third-order valence-corrected chi connectivity index (χ3v) is 6.14. The van der Waals surface area contributed by atoms with Gasteiger partial charge in [-0.25, -0.2) is 0 Å². The zero-order valence-corrected chi connectivity index (χ0v) is 20.9. The Hall–Kier alpha value is -3.17. The third-order valence-electron chi connectivity index (χ3n) is 6.14. The Balaban J connectivity index is 0.00000420. The van der Waals surface area contributed by atoms with Crippen LogP contribution in [0.1, 0.15) is 36.6 Å². The predicted octanol–water partition coefficient (Wildman–Crippen LogP) is 4.82. The maximum atomic E-state index is 13.5. The van der Waals surface area contributed by atoms with Crippen LogP contribution in [0.25, 0.3) is 22.8 Å². The van der Waals surface area contributed by atoms with Gasteiger partial charge in [-0.15, -0.1) is 12.4 Å². The minimum atomic E-state index is -5.16. The number of β-amino-alcohol motifs (C(OH)–C–C–N with tert-alkyl or cyclic N) is 1. The van der Waals surface area contributed by atoms with Crippen LogP contribution in [-0.4, -0.2) is 66.8 Å². The number of aliphatic hydroxyl groups excluding tert-OH is 1. The van der Waals surface area contributed by atoms with Crippen molar-refractivity contribution in [2.75, 3.05) is 19.6 Å². The number of likely N-dealkylation sites (tertiary alicyclic amines) is 1. The predicted molar refractivity (Wildman–Crippen MR) is 126 cm³/mol. The van der Waals surface area contributed by atoms with E-state index in [9.17, 15) is 36.2 Å². The molecule has 0 bridgehead atoms. The van der Waals surface area contributed by atoms with Crippen LogP contribution in [0.4, 0.5) is 26.3 Å². The number of benzene rings is 1. The van der Waals surface area contributed by atoms with Crippen molar-refractivity contribution in [2.45, 2.75) is 44.3 Å². The molecule has 2 N–H and O–H groups in total. The van der Waals surface area contributed by atoms with Gasteiger partial charge in [0.05, 0.1) is 17.9 Å². The summed E-state index contributed by atoms with van der Waals surface area (Å²) in [5.41, 5.74) is -1.56. The van der Waals surface area contributed by atoms with Gasteiger partial charge in [-0.1, -0.05) is 29.4 Å². The summed E-state index contributed by atoms with van der Waals surface area (Å²) in [4.78, 5) is 16.9. The van der Waals surface area contributed by atoms with Gasteiger partial charge >= 0.3 is 18.3 Å². The number of carboxylic acids is 1. The molecule has 3 heterocycles. The molecule has 1 saturated heterocycles. The Kier molecular flexibility index (Phi) is 9.28. The lowest BCUT2D eigenvalue weighted by molar-refractivity contribution is -0.160. The van der Waals surface area contributed by atoms with Crippen molar-refractivity contribution in [3.63, 3.8) is 0 Å². The van der Waals surface area contributed by atoms with Crippen LogP contribution in [0.2, 0.25) is 0 Å². The molecule has 0 spiro atoms. The number of carboxylic acid groups (broad SMARTS) is 1. The second kappa shape index (κ2) is 11.9. The molecule has 1 aromatic carbocycles. The third kappa shape index (κ3) is 7.70. The number of aliphatic carboxylic acids is 1. The molecule has 16 heteroatoms. The van der Waals surface area contributed by atoms with Gasteiger partial charge in [0, 0.05) is 25.1 Å². The first kappa shape index (κ1) is 30.4. The number of hydrogen-bond donors (Lipinski definition) is 2. The molecular weight excluding hydrogens is 560 g/mol. The van der Waals surface area contributed by atoms with Crippen LogP contribution in [0.5, 0.6) is 0 Å². The van der Waals surface area contributed by atoms with Crippen molar-refractivity contribution < 1.29 is 45.9 Å². The minimum absolute atomic E-state index is 0. The average Bonchev–Trinajstić information content (AvgIpc) is 3.45. The van der Waals surface area contributed by atoms with Gasteiger partial charge in [0.2, 0.25) is 5.82 Å². The summed E-state index contributed by atoms with van der Waals surface area (Å²) in [6, 6.07) is 6.21. The normalized spacial score (nSPS) is 17.6. The summed E-state index contributed by atoms with van der Waals surface area (Å²) >= 11 is 0. The fourth-order valence-corrected chi connectivity index (χ4v) is 4.52. The molecule has 1 aliphatic heterocycles. The summed E-state index contributed by atoms with van der Waals surface area (Å²) in [5.74, 6) is -1.60. The van der Waals surface area contributed by atoms with Crippen molar-refractivity contribution >= 4 is 18.4 Å². The van der Waals surface area contributed by atoms with Crippen molar-refractivity contribution in [1.82, 2.24) is 24.8 Å². The number of aromatic nitrogens is 4. The monoisotopic (exact) mass is 583 g/mol. The Labute approximate surface area is 223 Å². The molecular formula is C23H24ClF6N5O4. The van der Waals surface area contributed by atoms with Gasteiger partial charge in [-0.3, -0.25) is 9.48 Å². The van der Waals surface area contributed by atoms with Crippen LogP contribution >= 0.6 is 12.4 Å². The molecule has 2 atom stereocenters. The van der Waals surface area contributed by atoms with Crippen molar-refractivity contribution in [2.24, 2.45) is 5.92 Å². The molecule has 1 aliphatic rings. The van der Waals surface area contributed by atoms with E-state index < -0.39 is 48.1 Å². The van der Waals surface area contributed by atoms with E-state index in [-0.39, 0.29) is 35.3 Å². The van der Waals surface area contributed by atoms with Crippen LogP contribution in [-0.2, 0) is 17.5 Å². The molecule has 39 heavy (non-hydrogen) atoms. The van der Waals surface area contributed by atoms with Crippen molar-refractivity contribution in [3.05, 3.63) is 41.7 Å². The molecule has 2 aromatic heterocycles. The Bertz CT molecular complexity index is 1260. The number of rotatable bonds is 8. The zero-order valence-electron chi connectivity index (χ0n) is 20.1. The number of alkyl halides is 6. The lowest BCUT2D eigenvalue weighted by atomic mass is 9.94. The standard InChI is InChI=1S/C23H23F6N5O4.ClH/c24-22(25,26)12-34-19(23(27,28)29)16(9-30-34)21-31-20(32-38-21)15-5-3-14(4-6-15)17(35)11-33-7-1-2-13(10-33)8-18(36)37;/h3-6,9,13,17,35H,1-2,7-8,10-12H2,(H,36,37);1H/t13-,17-;/m1./s1. The highest BCUT2D eigenvalue weighted by Crippen LogP contribution is 2.38. The van der Waals surface area contributed by atoms with Crippen LogP contribution in [0.3, 0.4) is 0 Å². The molecule has 0 amide bonds. The molecule has 0 radical (unpaired) electrons. The summed E-state index contributed by atoms with van der Waals surface area (Å²) < 4.78 is 83.4. The van der Waals surface area contributed by atoms with E-state index in [4.69, 9.17) is 9.63 Å². The summed E-state index contributed by atoms with van der Waals surface area (Å²) in [6.07, 6.45) is -8.66. The number of halogens is 7. The highest BCUT2D eigenvalue weighted by Gasteiger charge is 2.42. The quantitative estimate of drug-likeness (QED) is 0.363. The van der Waals surface area contributed by atoms with Gasteiger partial charge in [0.15, 0.2) is 5.69 Å². The number of aliphatic hydroxyl groups is 1. The van der Waals surface area contributed by atoms with E-state index in [0.29, 0.717) is 30.4 Å². The topological polar surface area (TPSA) is 118 Å². The van der Waals surface area contributed by atoms with Crippen molar-refractivity contribution in [3.8, 4) is 22.8 Å². The van der Waals surface area contributed by atoms with E-state index in [1.54, 1.807) is 12.1 Å². The van der Waals surface area contributed by atoms with Crippen LogP contribution in [0, 0.1) is 5.92 Å². The molecule has 0 aliphatic carbocycles. The van der Waals surface area contributed by atoms with Crippen LogP contribution in [0.15, 0.2) is 35.0 Å². The molecule has 214 valence electrons. The zero-order chi connectivity index (χ0) is 27.7. The van der Waals surface area contributed by atoms with E-state index in [0.717, 1.165) is 19.4 Å².